The van der Waals surface area contributed by atoms with Crippen molar-refractivity contribution in [2.75, 3.05) is 48.5 Å². The van der Waals surface area contributed by atoms with Crippen LogP contribution in [0.25, 0.3) is 10.8 Å². The fourth-order valence-electron chi connectivity index (χ4n) is 5.22. The van der Waals surface area contributed by atoms with Crippen LogP contribution in [0, 0.1) is 0 Å². The quantitative estimate of drug-likeness (QED) is 0.0650. The number of nitrogens with zero attached hydrogens (tertiary/aromatic N) is 4. The molecule has 3 aromatic carbocycles. The molecule has 0 spiro atoms. The van der Waals surface area contributed by atoms with Gasteiger partial charge in [-0.25, -0.2) is 5.84 Å². The number of nitrogens with one attached hydrogen (secondary N) is 1. The van der Waals surface area contributed by atoms with E-state index in [1.165, 1.54) is 23.5 Å². The third kappa shape index (κ3) is 7.12. The first-order valence-corrected chi connectivity index (χ1v) is 15.0. The highest BCUT2D eigenvalue weighted by Crippen LogP contribution is 2.35. The van der Waals surface area contributed by atoms with Crippen LogP contribution in [-0.4, -0.2) is 49.6 Å². The average Bonchev–Trinajstić information content (AvgIpc) is 3.53. The number of thiocarbonyl (C=S) groups is 1. The third-order valence-electron chi connectivity index (χ3n) is 7.61. The Labute approximate surface area is 256 Å². The average molecular weight is 585 g/mol. The second kappa shape index (κ2) is 13.9. The molecule has 0 saturated carbocycles. The zero-order chi connectivity index (χ0) is 30.3. The van der Waals surface area contributed by atoms with E-state index < -0.39 is 0 Å². The number of hydrogen-bond donors (Lipinski definition) is 2. The van der Waals surface area contributed by atoms with Gasteiger partial charge in [0.05, 0.1) is 20.0 Å². The minimum Gasteiger partial charge on any atom is -0.495 e. The SMILES string of the molecule is C=C/C=C(\CN=CN(CC)c1ccc(NC(=S)N(N)c2cc(C(C)(C)C)ccc2OC)c2ccccc12)N1CCCC1. The number of hydrogen-bond acceptors (Lipinski definition) is 5. The molecule has 0 amide bonds. The van der Waals surface area contributed by atoms with Crippen LogP contribution in [-0.2, 0) is 5.41 Å². The van der Waals surface area contributed by atoms with E-state index >= 15 is 0 Å². The molecule has 4 rings (SSSR count). The van der Waals surface area contributed by atoms with Crippen LogP contribution in [0.4, 0.5) is 17.1 Å². The van der Waals surface area contributed by atoms with Crippen LogP contribution < -0.4 is 25.8 Å². The zero-order valence-corrected chi connectivity index (χ0v) is 26.4. The monoisotopic (exact) mass is 584 g/mol. The van der Waals surface area contributed by atoms with E-state index in [-0.39, 0.29) is 5.41 Å². The summed E-state index contributed by atoms with van der Waals surface area (Å²) < 4.78 is 5.61. The number of ether oxygens (including phenoxy) is 1. The summed E-state index contributed by atoms with van der Waals surface area (Å²) in [6, 6.07) is 18.5. The standard InChI is InChI=1S/C34H44N6OS/c1-7-13-26(39-20-11-12-21-39)23-36-24-38(8-2)30-18-17-29(27-14-9-10-15-28(27)30)37-33(42)40(35)31-22-25(34(3,4)5)16-19-32(31)41-6/h7,9-10,13-19,22,24H,1,8,11-12,20-21,23,35H2,2-6H3,(H,37,42)/b26-13+,36-24?. The number of allylic oxidation sites excluding steroid dienone is 2. The van der Waals surface area contributed by atoms with Crippen molar-refractivity contribution in [3.63, 3.8) is 0 Å². The molecule has 0 bridgehead atoms. The molecule has 1 heterocycles. The van der Waals surface area contributed by atoms with Gasteiger partial charge in [0.1, 0.15) is 11.4 Å². The van der Waals surface area contributed by atoms with Crippen LogP contribution in [0.15, 0.2) is 84.0 Å². The number of hydrazine groups is 1. The highest BCUT2D eigenvalue weighted by Gasteiger charge is 2.21. The molecule has 1 aliphatic heterocycles. The Morgan fingerprint density at radius 2 is 1.81 bits per heavy atom. The summed E-state index contributed by atoms with van der Waals surface area (Å²) in [6.45, 7) is 16.1. The lowest BCUT2D eigenvalue weighted by Gasteiger charge is -2.27. The van der Waals surface area contributed by atoms with Gasteiger partial charge in [-0.3, -0.25) is 10.0 Å². The Kier molecular flexibility index (Phi) is 10.2. The highest BCUT2D eigenvalue weighted by atomic mass is 32.1. The molecular formula is C34H44N6OS. The molecule has 3 N–H and O–H groups in total. The minimum absolute atomic E-state index is 0.0465. The van der Waals surface area contributed by atoms with Crippen LogP contribution in [0.2, 0.25) is 0 Å². The first kappa shape index (κ1) is 31.1. The number of nitrogens with two attached hydrogens (primary N) is 1. The predicted molar refractivity (Wildman–Crippen MR) is 184 cm³/mol. The lowest BCUT2D eigenvalue weighted by Crippen LogP contribution is -2.41. The van der Waals surface area contributed by atoms with E-state index in [9.17, 15) is 0 Å². The fourth-order valence-corrected chi connectivity index (χ4v) is 5.43. The molecule has 0 radical (unpaired) electrons. The Bertz CT molecular complexity index is 1470. The van der Waals surface area contributed by atoms with Gasteiger partial charge >= 0.3 is 0 Å². The Hall–Kier alpha value is -3.88. The molecular weight excluding hydrogens is 540 g/mol. The van der Waals surface area contributed by atoms with E-state index in [1.54, 1.807) is 7.11 Å². The van der Waals surface area contributed by atoms with Gasteiger partial charge in [0, 0.05) is 47.5 Å². The van der Waals surface area contributed by atoms with E-state index in [4.69, 9.17) is 27.8 Å². The summed E-state index contributed by atoms with van der Waals surface area (Å²) >= 11 is 5.79. The van der Waals surface area contributed by atoms with Crippen molar-refractivity contribution in [2.24, 2.45) is 10.8 Å². The lowest BCUT2D eigenvalue weighted by molar-refractivity contribution is 0.415. The first-order valence-electron chi connectivity index (χ1n) is 14.6. The maximum atomic E-state index is 6.57. The van der Waals surface area contributed by atoms with Crippen LogP contribution in [0.1, 0.15) is 46.1 Å². The molecule has 0 aromatic heterocycles. The molecule has 222 valence electrons. The number of benzene rings is 3. The van der Waals surface area contributed by atoms with Crippen LogP contribution in [0.5, 0.6) is 5.75 Å². The molecule has 0 unspecified atom stereocenters. The van der Waals surface area contributed by atoms with Gasteiger partial charge in [-0.05, 0) is 73.3 Å². The highest BCUT2D eigenvalue weighted by molar-refractivity contribution is 7.80. The van der Waals surface area contributed by atoms with Gasteiger partial charge in [0.2, 0.25) is 0 Å². The van der Waals surface area contributed by atoms with E-state index in [2.05, 4.69) is 85.8 Å². The summed E-state index contributed by atoms with van der Waals surface area (Å²) in [5, 5.41) is 7.36. The number of likely N-dealkylation sites (tertiary alicyclic amines) is 1. The molecule has 8 heteroatoms. The third-order valence-corrected chi connectivity index (χ3v) is 7.91. The summed E-state index contributed by atoms with van der Waals surface area (Å²) in [5.74, 6) is 7.23. The van der Waals surface area contributed by atoms with Crippen molar-refractivity contribution >= 4 is 51.5 Å². The molecule has 3 aromatic rings. The largest absolute Gasteiger partial charge is 0.495 e. The molecule has 1 aliphatic rings. The molecule has 1 saturated heterocycles. The van der Waals surface area contributed by atoms with Gasteiger partial charge in [-0.2, -0.15) is 0 Å². The van der Waals surface area contributed by atoms with Gasteiger partial charge in [-0.1, -0.05) is 63.8 Å². The zero-order valence-electron chi connectivity index (χ0n) is 25.6. The molecule has 0 aliphatic carbocycles. The number of anilines is 3. The molecule has 42 heavy (non-hydrogen) atoms. The summed E-state index contributed by atoms with van der Waals surface area (Å²) in [5.41, 5.74) is 4.96. The summed E-state index contributed by atoms with van der Waals surface area (Å²) in [7, 11) is 1.64. The van der Waals surface area contributed by atoms with Crippen molar-refractivity contribution in [3.8, 4) is 5.75 Å². The van der Waals surface area contributed by atoms with Crippen LogP contribution >= 0.6 is 12.2 Å². The summed E-state index contributed by atoms with van der Waals surface area (Å²) in [4.78, 5) is 9.41. The van der Waals surface area contributed by atoms with Crippen molar-refractivity contribution in [2.45, 2.75) is 46.0 Å². The maximum absolute atomic E-state index is 6.57. The van der Waals surface area contributed by atoms with Gasteiger partial charge < -0.3 is 19.9 Å². The van der Waals surface area contributed by atoms with Crippen LogP contribution in [0.3, 0.4) is 0 Å². The number of fused-ring (bicyclic) bond motifs is 1. The van der Waals surface area contributed by atoms with E-state index in [1.807, 2.05) is 36.7 Å². The van der Waals surface area contributed by atoms with Crippen molar-refractivity contribution < 1.29 is 4.74 Å². The number of aliphatic imine (C=N–C) groups is 1. The van der Waals surface area contributed by atoms with Gasteiger partial charge in [0.15, 0.2) is 5.11 Å². The minimum atomic E-state index is -0.0465. The van der Waals surface area contributed by atoms with Gasteiger partial charge in [0.25, 0.3) is 0 Å². The Morgan fingerprint density at radius 3 is 2.45 bits per heavy atom. The predicted octanol–water partition coefficient (Wildman–Crippen LogP) is 7.24. The van der Waals surface area contributed by atoms with Crippen molar-refractivity contribution in [1.82, 2.24) is 4.90 Å². The van der Waals surface area contributed by atoms with Crippen molar-refractivity contribution in [1.29, 1.82) is 0 Å². The van der Waals surface area contributed by atoms with Gasteiger partial charge in [-0.15, -0.1) is 0 Å². The lowest BCUT2D eigenvalue weighted by atomic mass is 9.87. The Morgan fingerprint density at radius 1 is 1.10 bits per heavy atom. The normalized spacial score (nSPS) is 14.0. The number of methoxy groups -OCH3 is 1. The van der Waals surface area contributed by atoms with E-state index in [0.717, 1.165) is 47.3 Å². The second-order valence-corrected chi connectivity index (χ2v) is 11.8. The molecule has 1 fully saturated rings. The van der Waals surface area contributed by atoms with E-state index in [0.29, 0.717) is 23.1 Å². The maximum Gasteiger partial charge on any atom is 0.192 e. The fraction of sp³-hybridized carbons (Fsp3) is 0.353. The molecule has 7 nitrogen and oxygen atoms in total. The Balaban J connectivity index is 1.58. The van der Waals surface area contributed by atoms with Crippen molar-refractivity contribution in [3.05, 3.63) is 84.6 Å². The topological polar surface area (TPSA) is 69.4 Å². The number of rotatable bonds is 10. The first-order chi connectivity index (χ1) is 20.2. The second-order valence-electron chi connectivity index (χ2n) is 11.4. The smallest absolute Gasteiger partial charge is 0.192 e. The molecule has 0 atom stereocenters. The summed E-state index contributed by atoms with van der Waals surface area (Å²) in [6.07, 6.45) is 8.34.